The highest BCUT2D eigenvalue weighted by Gasteiger charge is 2.11. The van der Waals surface area contributed by atoms with E-state index in [1.54, 1.807) is 12.1 Å². The van der Waals surface area contributed by atoms with Crippen molar-refractivity contribution in [1.82, 2.24) is 10.6 Å². The summed E-state index contributed by atoms with van der Waals surface area (Å²) in [7, 11) is 1.41. The second kappa shape index (κ2) is 14.0. The molecule has 8 heteroatoms. The van der Waals surface area contributed by atoms with Crippen LogP contribution >= 0.6 is 0 Å². The number of halogens is 2. The molecule has 0 aliphatic rings. The fraction of sp³-hybridized carbons (Fsp3) is 0.650. The number of aliphatic imine (C=N–C) groups is 1. The van der Waals surface area contributed by atoms with Crippen molar-refractivity contribution < 1.29 is 23.4 Å². The summed E-state index contributed by atoms with van der Waals surface area (Å²) in [4.78, 5) is 4.61. The van der Waals surface area contributed by atoms with E-state index in [0.29, 0.717) is 31.4 Å². The van der Waals surface area contributed by atoms with Crippen molar-refractivity contribution in [2.45, 2.75) is 46.1 Å². The number of hydrogen-bond donors (Lipinski definition) is 3. The molecule has 28 heavy (non-hydrogen) atoms. The van der Waals surface area contributed by atoms with E-state index in [1.165, 1.54) is 7.11 Å². The van der Waals surface area contributed by atoms with E-state index in [-0.39, 0.29) is 18.1 Å². The number of nitrogens with one attached hydrogen (secondary N) is 2. The molecular formula is C20H33F2N3O3. The van der Waals surface area contributed by atoms with Gasteiger partial charge in [-0.3, -0.25) is 4.99 Å². The first-order chi connectivity index (χ1) is 13.5. The fourth-order valence-corrected chi connectivity index (χ4v) is 2.87. The van der Waals surface area contributed by atoms with Gasteiger partial charge in [0.15, 0.2) is 17.5 Å². The Bertz CT molecular complexity index is 580. The Balaban J connectivity index is 2.65. The van der Waals surface area contributed by atoms with E-state index in [4.69, 9.17) is 9.84 Å². The SMILES string of the molecule is CCCC(CCO)CN=C(NCC)NCCc1ccc(OC)c(OC(F)F)c1. The highest BCUT2D eigenvalue weighted by atomic mass is 19.3. The molecule has 0 saturated heterocycles. The summed E-state index contributed by atoms with van der Waals surface area (Å²) < 4.78 is 34.6. The van der Waals surface area contributed by atoms with Gasteiger partial charge >= 0.3 is 6.61 Å². The average molecular weight is 401 g/mol. The average Bonchev–Trinajstić information content (AvgIpc) is 2.66. The molecular weight excluding hydrogens is 368 g/mol. The molecule has 160 valence electrons. The molecule has 0 spiro atoms. The van der Waals surface area contributed by atoms with Crippen LogP contribution in [0.2, 0.25) is 0 Å². The lowest BCUT2D eigenvalue weighted by Crippen LogP contribution is -2.38. The minimum absolute atomic E-state index is 0.0296. The molecule has 1 aromatic carbocycles. The number of methoxy groups -OCH3 is 1. The third-order valence-corrected chi connectivity index (χ3v) is 4.24. The van der Waals surface area contributed by atoms with Gasteiger partial charge in [-0.1, -0.05) is 19.4 Å². The quantitative estimate of drug-likeness (QED) is 0.350. The molecule has 1 aromatic rings. The lowest BCUT2D eigenvalue weighted by molar-refractivity contribution is -0.0512. The fourth-order valence-electron chi connectivity index (χ4n) is 2.87. The normalized spacial score (nSPS) is 12.8. The van der Waals surface area contributed by atoms with Crippen LogP contribution in [0.15, 0.2) is 23.2 Å². The Kier molecular flexibility index (Phi) is 12.0. The zero-order valence-electron chi connectivity index (χ0n) is 17.0. The van der Waals surface area contributed by atoms with Crippen LogP contribution in [0, 0.1) is 5.92 Å². The summed E-state index contributed by atoms with van der Waals surface area (Å²) in [6.45, 7) is 3.36. The molecule has 0 aliphatic carbocycles. The van der Waals surface area contributed by atoms with Crippen molar-refractivity contribution in [3.63, 3.8) is 0 Å². The molecule has 0 amide bonds. The molecule has 0 bridgehead atoms. The van der Waals surface area contributed by atoms with Crippen LogP contribution in [0.25, 0.3) is 0 Å². The first kappa shape index (κ1) is 23.9. The monoisotopic (exact) mass is 401 g/mol. The lowest BCUT2D eigenvalue weighted by Gasteiger charge is -2.16. The van der Waals surface area contributed by atoms with Gasteiger partial charge < -0.3 is 25.2 Å². The van der Waals surface area contributed by atoms with Gasteiger partial charge in [0.25, 0.3) is 0 Å². The molecule has 0 fully saturated rings. The number of aliphatic hydroxyl groups is 1. The highest BCUT2D eigenvalue weighted by molar-refractivity contribution is 5.79. The topological polar surface area (TPSA) is 75.1 Å². The van der Waals surface area contributed by atoms with Crippen LogP contribution in [-0.2, 0) is 6.42 Å². The van der Waals surface area contributed by atoms with Crippen LogP contribution in [0.1, 0.15) is 38.7 Å². The van der Waals surface area contributed by atoms with E-state index >= 15 is 0 Å². The summed E-state index contributed by atoms with van der Waals surface area (Å²) in [6.07, 6.45) is 3.45. The number of benzene rings is 1. The number of aliphatic hydroxyl groups excluding tert-OH is 1. The van der Waals surface area contributed by atoms with Crippen LogP contribution in [0.3, 0.4) is 0 Å². The minimum Gasteiger partial charge on any atom is -0.493 e. The van der Waals surface area contributed by atoms with E-state index in [1.807, 2.05) is 13.0 Å². The number of ether oxygens (including phenoxy) is 2. The first-order valence-corrected chi connectivity index (χ1v) is 9.78. The van der Waals surface area contributed by atoms with Crippen LogP contribution in [0.5, 0.6) is 11.5 Å². The maximum Gasteiger partial charge on any atom is 0.387 e. The van der Waals surface area contributed by atoms with Gasteiger partial charge in [-0.15, -0.1) is 0 Å². The second-order valence-electron chi connectivity index (χ2n) is 6.43. The van der Waals surface area contributed by atoms with Crippen molar-refractivity contribution >= 4 is 5.96 Å². The zero-order chi connectivity index (χ0) is 20.8. The molecule has 3 N–H and O–H groups in total. The van der Waals surface area contributed by atoms with Crippen LogP contribution in [-0.4, -0.2) is 51.0 Å². The molecule has 0 aliphatic heterocycles. The van der Waals surface area contributed by atoms with Gasteiger partial charge in [0.1, 0.15) is 0 Å². The molecule has 1 rings (SSSR count). The summed E-state index contributed by atoms with van der Waals surface area (Å²) in [5.74, 6) is 1.37. The predicted octanol–water partition coefficient (Wildman–Crippen LogP) is 3.19. The van der Waals surface area contributed by atoms with Crippen molar-refractivity contribution in [2.24, 2.45) is 10.9 Å². The van der Waals surface area contributed by atoms with Crippen LogP contribution < -0.4 is 20.1 Å². The highest BCUT2D eigenvalue weighted by Crippen LogP contribution is 2.29. The van der Waals surface area contributed by atoms with Gasteiger partial charge in [-0.25, -0.2) is 0 Å². The number of rotatable bonds is 13. The van der Waals surface area contributed by atoms with Gasteiger partial charge in [0.2, 0.25) is 0 Å². The van der Waals surface area contributed by atoms with Gasteiger partial charge in [-0.2, -0.15) is 8.78 Å². The maximum absolute atomic E-state index is 12.5. The number of guanidine groups is 1. The predicted molar refractivity (Wildman–Crippen MR) is 107 cm³/mol. The first-order valence-electron chi connectivity index (χ1n) is 9.78. The molecule has 0 radical (unpaired) electrons. The second-order valence-corrected chi connectivity index (χ2v) is 6.43. The van der Waals surface area contributed by atoms with E-state index in [9.17, 15) is 8.78 Å². The zero-order valence-corrected chi connectivity index (χ0v) is 17.0. The molecule has 0 aromatic heterocycles. The molecule has 0 saturated carbocycles. The summed E-state index contributed by atoms with van der Waals surface area (Å²) >= 11 is 0. The van der Waals surface area contributed by atoms with Crippen molar-refractivity contribution in [1.29, 1.82) is 0 Å². The summed E-state index contributed by atoms with van der Waals surface area (Å²) in [5, 5.41) is 15.6. The number of hydrogen-bond acceptors (Lipinski definition) is 4. The third-order valence-electron chi connectivity index (χ3n) is 4.24. The third kappa shape index (κ3) is 9.21. The smallest absolute Gasteiger partial charge is 0.387 e. The Hall–Kier alpha value is -2.09. The van der Waals surface area contributed by atoms with Gasteiger partial charge in [0, 0.05) is 26.2 Å². The molecule has 1 unspecified atom stereocenters. The standard InChI is InChI=1S/C20H33F2N3O3/c1-4-6-16(10-12-26)14-25-20(23-5-2)24-11-9-15-7-8-17(27-3)18(13-15)28-19(21)22/h7-8,13,16,19,26H,4-6,9-12,14H2,1-3H3,(H2,23,24,25). The molecule has 1 atom stereocenters. The Morgan fingerprint density at radius 2 is 1.96 bits per heavy atom. The van der Waals surface area contributed by atoms with E-state index in [2.05, 4.69) is 27.3 Å². The van der Waals surface area contributed by atoms with E-state index < -0.39 is 6.61 Å². The Morgan fingerprint density at radius 1 is 1.18 bits per heavy atom. The summed E-state index contributed by atoms with van der Waals surface area (Å²) in [5.41, 5.74) is 0.851. The number of nitrogens with zero attached hydrogens (tertiary/aromatic N) is 1. The van der Waals surface area contributed by atoms with E-state index in [0.717, 1.165) is 31.4 Å². The largest absolute Gasteiger partial charge is 0.493 e. The number of alkyl halides is 2. The van der Waals surface area contributed by atoms with Crippen molar-refractivity contribution in [2.75, 3.05) is 33.4 Å². The van der Waals surface area contributed by atoms with Crippen molar-refractivity contribution in [3.05, 3.63) is 23.8 Å². The minimum atomic E-state index is -2.90. The van der Waals surface area contributed by atoms with Gasteiger partial charge in [0.05, 0.1) is 7.11 Å². The molecule has 0 heterocycles. The van der Waals surface area contributed by atoms with Crippen molar-refractivity contribution in [3.8, 4) is 11.5 Å². The van der Waals surface area contributed by atoms with Gasteiger partial charge in [-0.05, 0) is 49.8 Å². The Morgan fingerprint density at radius 3 is 2.57 bits per heavy atom. The molecule has 6 nitrogen and oxygen atoms in total. The maximum atomic E-state index is 12.5. The summed E-state index contributed by atoms with van der Waals surface area (Å²) in [6, 6.07) is 5.01. The Labute approximate surface area is 166 Å². The lowest BCUT2D eigenvalue weighted by atomic mass is 10.0. The van der Waals surface area contributed by atoms with Crippen LogP contribution in [0.4, 0.5) is 8.78 Å².